The molecule has 0 radical (unpaired) electrons. The quantitative estimate of drug-likeness (QED) is 0.750. The molecule has 0 aromatic carbocycles. The van der Waals surface area contributed by atoms with Crippen molar-refractivity contribution in [2.45, 2.75) is 47.1 Å². The van der Waals surface area contributed by atoms with Crippen molar-refractivity contribution in [1.29, 1.82) is 0 Å². The molecule has 0 N–H and O–H groups in total. The third-order valence-electron chi connectivity index (χ3n) is 2.37. The Morgan fingerprint density at radius 1 is 1.27 bits per heavy atom. The van der Waals surface area contributed by atoms with E-state index < -0.39 is 0 Å². The van der Waals surface area contributed by atoms with Gasteiger partial charge in [0.2, 0.25) is 0 Å². The van der Waals surface area contributed by atoms with E-state index in [-0.39, 0.29) is 0 Å². The summed E-state index contributed by atoms with van der Waals surface area (Å²) >= 11 is 5.93. The lowest BCUT2D eigenvalue weighted by atomic mass is 10.1. The average molecular weight is 229 g/mol. The van der Waals surface area contributed by atoms with Crippen LogP contribution in [0, 0.1) is 11.8 Å². The van der Waals surface area contributed by atoms with Crippen LogP contribution in [0.4, 0.5) is 0 Å². The summed E-state index contributed by atoms with van der Waals surface area (Å²) in [4.78, 5) is 4.36. The van der Waals surface area contributed by atoms with Crippen molar-refractivity contribution in [2.75, 3.05) is 0 Å². The molecule has 0 saturated carbocycles. The summed E-state index contributed by atoms with van der Waals surface area (Å²) in [5, 5.41) is 0.620. The monoisotopic (exact) mass is 228 g/mol. The van der Waals surface area contributed by atoms with Crippen LogP contribution in [-0.4, -0.2) is 9.55 Å². The van der Waals surface area contributed by atoms with Gasteiger partial charge in [-0.3, -0.25) is 0 Å². The van der Waals surface area contributed by atoms with Gasteiger partial charge in [0.1, 0.15) is 11.0 Å². The third-order valence-corrected chi connectivity index (χ3v) is 2.55. The Morgan fingerprint density at radius 2 is 1.93 bits per heavy atom. The maximum absolute atomic E-state index is 5.93. The van der Waals surface area contributed by atoms with E-state index in [1.807, 2.05) is 6.20 Å². The molecule has 1 heterocycles. The second kappa shape index (κ2) is 5.55. The summed E-state index contributed by atoms with van der Waals surface area (Å²) in [5.41, 5.74) is 0. The van der Waals surface area contributed by atoms with Crippen LogP contribution in [-0.2, 0) is 13.0 Å². The molecule has 0 aliphatic heterocycles. The summed E-state index contributed by atoms with van der Waals surface area (Å²) < 4.78 is 2.20. The Kier molecular flexibility index (Phi) is 4.65. The van der Waals surface area contributed by atoms with Crippen molar-refractivity contribution < 1.29 is 0 Å². The summed E-state index contributed by atoms with van der Waals surface area (Å²) in [7, 11) is 0. The zero-order valence-electron chi connectivity index (χ0n) is 10.1. The van der Waals surface area contributed by atoms with E-state index in [1.54, 1.807) is 0 Å². The number of imidazole rings is 1. The van der Waals surface area contributed by atoms with Gasteiger partial charge in [-0.1, -0.05) is 39.3 Å². The molecule has 15 heavy (non-hydrogen) atoms. The standard InChI is InChI=1S/C12H21ClN2/c1-9(2)5-6-15-8-11(13)14-12(15)7-10(3)4/h8-10H,5-7H2,1-4H3. The lowest BCUT2D eigenvalue weighted by Gasteiger charge is -2.10. The van der Waals surface area contributed by atoms with Gasteiger partial charge in [-0.25, -0.2) is 4.98 Å². The highest BCUT2D eigenvalue weighted by Crippen LogP contribution is 2.14. The number of hydrogen-bond donors (Lipinski definition) is 0. The van der Waals surface area contributed by atoms with Crippen LogP contribution in [0.5, 0.6) is 0 Å². The van der Waals surface area contributed by atoms with E-state index >= 15 is 0 Å². The van der Waals surface area contributed by atoms with Crippen LogP contribution < -0.4 is 0 Å². The number of hydrogen-bond acceptors (Lipinski definition) is 1. The molecule has 1 rings (SSSR count). The second-order valence-electron chi connectivity index (χ2n) is 4.95. The molecule has 0 bridgehead atoms. The van der Waals surface area contributed by atoms with Gasteiger partial charge in [-0.2, -0.15) is 0 Å². The van der Waals surface area contributed by atoms with Crippen LogP contribution in [0.15, 0.2) is 6.20 Å². The lowest BCUT2D eigenvalue weighted by molar-refractivity contribution is 0.492. The number of rotatable bonds is 5. The molecule has 1 aromatic heterocycles. The van der Waals surface area contributed by atoms with Crippen molar-refractivity contribution >= 4 is 11.6 Å². The van der Waals surface area contributed by atoms with Crippen molar-refractivity contribution in [1.82, 2.24) is 9.55 Å². The Bertz CT molecular complexity index is 303. The third kappa shape index (κ3) is 4.25. The summed E-state index contributed by atoms with van der Waals surface area (Å²) in [6.07, 6.45) is 4.13. The largest absolute Gasteiger partial charge is 0.333 e. The fraction of sp³-hybridized carbons (Fsp3) is 0.750. The highest BCUT2D eigenvalue weighted by atomic mass is 35.5. The average Bonchev–Trinajstić information content (AvgIpc) is 2.41. The van der Waals surface area contributed by atoms with Crippen molar-refractivity contribution in [3.05, 3.63) is 17.2 Å². The zero-order valence-corrected chi connectivity index (χ0v) is 10.9. The predicted octanol–water partition coefficient (Wildman–Crippen LogP) is 3.78. The van der Waals surface area contributed by atoms with Gasteiger partial charge < -0.3 is 4.57 Å². The van der Waals surface area contributed by atoms with Gasteiger partial charge in [0.15, 0.2) is 0 Å². The minimum Gasteiger partial charge on any atom is -0.333 e. The van der Waals surface area contributed by atoms with E-state index in [4.69, 9.17) is 11.6 Å². The molecule has 0 spiro atoms. The summed E-state index contributed by atoms with van der Waals surface area (Å²) in [5.74, 6) is 2.47. The fourth-order valence-corrected chi connectivity index (χ4v) is 1.75. The van der Waals surface area contributed by atoms with Crippen molar-refractivity contribution in [3.8, 4) is 0 Å². The van der Waals surface area contributed by atoms with Gasteiger partial charge in [-0.05, 0) is 18.3 Å². The topological polar surface area (TPSA) is 17.8 Å². The van der Waals surface area contributed by atoms with Crippen molar-refractivity contribution in [2.24, 2.45) is 11.8 Å². The molecule has 2 nitrogen and oxygen atoms in total. The number of halogens is 1. The highest BCUT2D eigenvalue weighted by Gasteiger charge is 2.08. The molecule has 86 valence electrons. The first kappa shape index (κ1) is 12.6. The van der Waals surface area contributed by atoms with E-state index in [0.717, 1.165) is 24.7 Å². The number of aromatic nitrogens is 2. The number of aryl methyl sites for hydroxylation is 1. The first-order chi connectivity index (χ1) is 6.99. The maximum atomic E-state index is 5.93. The predicted molar refractivity (Wildman–Crippen MR) is 65.2 cm³/mol. The lowest BCUT2D eigenvalue weighted by Crippen LogP contribution is -2.07. The molecule has 3 heteroatoms. The van der Waals surface area contributed by atoms with E-state index in [0.29, 0.717) is 11.1 Å². The molecule has 0 unspecified atom stereocenters. The molecule has 0 amide bonds. The Balaban J connectivity index is 2.68. The normalized spacial score (nSPS) is 11.7. The van der Waals surface area contributed by atoms with Crippen LogP contribution in [0.25, 0.3) is 0 Å². The Hall–Kier alpha value is -0.500. The van der Waals surface area contributed by atoms with Gasteiger partial charge >= 0.3 is 0 Å². The first-order valence-electron chi connectivity index (χ1n) is 5.70. The van der Waals surface area contributed by atoms with Gasteiger partial charge in [0, 0.05) is 19.2 Å². The van der Waals surface area contributed by atoms with Gasteiger partial charge in [0.05, 0.1) is 0 Å². The molecular weight excluding hydrogens is 208 g/mol. The van der Waals surface area contributed by atoms with Crippen LogP contribution >= 0.6 is 11.6 Å². The first-order valence-corrected chi connectivity index (χ1v) is 6.08. The highest BCUT2D eigenvalue weighted by molar-refractivity contribution is 6.29. The summed E-state index contributed by atoms with van der Waals surface area (Å²) in [6.45, 7) is 9.91. The molecule has 1 aromatic rings. The second-order valence-corrected chi connectivity index (χ2v) is 5.34. The van der Waals surface area contributed by atoms with Crippen LogP contribution in [0.1, 0.15) is 39.9 Å². The Morgan fingerprint density at radius 3 is 2.47 bits per heavy atom. The molecular formula is C12H21ClN2. The summed E-state index contributed by atoms with van der Waals surface area (Å²) in [6, 6.07) is 0. The molecule has 0 aliphatic rings. The molecule has 0 aliphatic carbocycles. The SMILES string of the molecule is CC(C)CCn1cc(Cl)nc1CC(C)C. The molecule has 0 saturated heterocycles. The smallest absolute Gasteiger partial charge is 0.147 e. The molecule has 0 atom stereocenters. The van der Waals surface area contributed by atoms with E-state index in [9.17, 15) is 0 Å². The minimum absolute atomic E-state index is 0.620. The van der Waals surface area contributed by atoms with Crippen LogP contribution in [0.3, 0.4) is 0 Å². The maximum Gasteiger partial charge on any atom is 0.147 e. The minimum atomic E-state index is 0.620. The fourth-order valence-electron chi connectivity index (χ4n) is 1.54. The Labute approximate surface area is 97.7 Å². The van der Waals surface area contributed by atoms with Gasteiger partial charge in [0.25, 0.3) is 0 Å². The van der Waals surface area contributed by atoms with Crippen LogP contribution in [0.2, 0.25) is 5.15 Å². The van der Waals surface area contributed by atoms with E-state index in [2.05, 4.69) is 37.2 Å². The van der Waals surface area contributed by atoms with Gasteiger partial charge in [-0.15, -0.1) is 0 Å². The van der Waals surface area contributed by atoms with Crippen molar-refractivity contribution in [3.63, 3.8) is 0 Å². The number of nitrogens with zero attached hydrogens (tertiary/aromatic N) is 2. The zero-order chi connectivity index (χ0) is 11.4. The van der Waals surface area contributed by atoms with E-state index in [1.165, 1.54) is 6.42 Å². The molecule has 0 fully saturated rings.